The van der Waals surface area contributed by atoms with E-state index in [1.807, 2.05) is 78.9 Å². The molecule has 1 aliphatic rings. The number of aromatic nitrogens is 2. The number of rotatable bonds is 11. The predicted octanol–water partition coefficient (Wildman–Crippen LogP) is 7.56. The molecule has 2 heterocycles. The van der Waals surface area contributed by atoms with Gasteiger partial charge in [-0.1, -0.05) is 54.6 Å². The van der Waals surface area contributed by atoms with Crippen LogP contribution in [0.5, 0.6) is 0 Å². The Morgan fingerprint density at radius 2 is 1.48 bits per heavy atom. The number of anilines is 3. The maximum atomic E-state index is 13.7. The van der Waals surface area contributed by atoms with Gasteiger partial charge >= 0.3 is 5.97 Å². The van der Waals surface area contributed by atoms with E-state index in [4.69, 9.17) is 5.11 Å². The highest BCUT2D eigenvalue weighted by molar-refractivity contribution is 7.98. The molecule has 3 N–H and O–H groups in total. The Morgan fingerprint density at radius 1 is 0.729 bits per heavy atom. The molecule has 0 radical (unpaired) electrons. The number of thioether (sulfide) groups is 1. The Balaban J connectivity index is 1.18. The van der Waals surface area contributed by atoms with Crippen LogP contribution in [0.15, 0.2) is 114 Å². The molecule has 5 aromatic rings. The molecule has 2 amide bonds. The summed E-state index contributed by atoms with van der Waals surface area (Å²) < 4.78 is 0. The molecule has 1 saturated heterocycles. The van der Waals surface area contributed by atoms with Crippen LogP contribution in [-0.4, -0.2) is 45.9 Å². The van der Waals surface area contributed by atoms with Crippen LogP contribution in [0.4, 0.5) is 17.3 Å². The van der Waals surface area contributed by atoms with Crippen LogP contribution in [0, 0.1) is 0 Å². The van der Waals surface area contributed by atoms with E-state index in [9.17, 15) is 14.4 Å². The monoisotopic (exact) mass is 657 g/mol. The molecule has 1 aliphatic heterocycles. The molecule has 0 bridgehead atoms. The van der Waals surface area contributed by atoms with Crippen molar-refractivity contribution in [2.24, 2.45) is 0 Å². The normalized spacial score (nSPS) is 12.7. The van der Waals surface area contributed by atoms with Gasteiger partial charge in [0.2, 0.25) is 5.95 Å². The topological polar surface area (TPSA) is 125 Å². The molecule has 10 heteroatoms. The van der Waals surface area contributed by atoms with Crippen LogP contribution in [0.3, 0.4) is 0 Å². The van der Waals surface area contributed by atoms with E-state index < -0.39 is 11.9 Å². The number of hydrogen-bond donors (Lipinski definition) is 3. The van der Waals surface area contributed by atoms with Gasteiger partial charge in [0.1, 0.15) is 0 Å². The first kappa shape index (κ1) is 32.5. The number of piperidine rings is 1. The number of nitrogens with zero attached hydrogens (tertiary/aromatic N) is 3. The lowest BCUT2D eigenvalue weighted by atomic mass is 10.1. The SMILES string of the molecule is O=C(O)Cc1cccc(SCc2cccc(C(=O)Nc3ccc(N4CCCCC4)cc3C(=O)Nc3ncc(-c4ccccc4)cn3)c2)c1. The van der Waals surface area contributed by atoms with Crippen LogP contribution >= 0.6 is 11.8 Å². The average molecular weight is 658 g/mol. The standard InChI is InChI=1S/C38H35N5O4S/c44-35(45)21-26-9-8-14-32(20-26)48-25-27-10-7-13-29(19-27)36(46)41-34-16-15-31(43-17-5-2-6-18-43)22-33(34)37(47)42-38-39-23-30(24-40-38)28-11-3-1-4-12-28/h1,3-4,7-16,19-20,22-24H,2,5-6,17-18,21,25H2,(H,41,46)(H,44,45)(H,39,40,42,47). The van der Waals surface area contributed by atoms with E-state index in [1.165, 1.54) is 6.42 Å². The first-order valence-corrected chi connectivity index (χ1v) is 16.8. The van der Waals surface area contributed by atoms with Crippen molar-refractivity contribution in [3.63, 3.8) is 0 Å². The van der Waals surface area contributed by atoms with Gasteiger partial charge in [-0.3, -0.25) is 19.7 Å². The summed E-state index contributed by atoms with van der Waals surface area (Å²) >= 11 is 1.57. The summed E-state index contributed by atoms with van der Waals surface area (Å²) in [6.45, 7) is 1.82. The van der Waals surface area contributed by atoms with Gasteiger partial charge in [-0.25, -0.2) is 9.97 Å². The van der Waals surface area contributed by atoms with Crippen molar-refractivity contribution in [2.75, 3.05) is 28.6 Å². The van der Waals surface area contributed by atoms with E-state index in [1.54, 1.807) is 42.4 Å². The zero-order valence-electron chi connectivity index (χ0n) is 26.3. The Kier molecular flexibility index (Phi) is 10.4. The van der Waals surface area contributed by atoms with Crippen molar-refractivity contribution in [3.05, 3.63) is 132 Å². The Morgan fingerprint density at radius 3 is 2.25 bits per heavy atom. The first-order chi connectivity index (χ1) is 23.4. The van der Waals surface area contributed by atoms with E-state index >= 15 is 0 Å². The minimum absolute atomic E-state index is 0.0311. The summed E-state index contributed by atoms with van der Waals surface area (Å²) in [6.07, 6.45) is 6.67. The maximum Gasteiger partial charge on any atom is 0.307 e. The molecule has 0 unspecified atom stereocenters. The molecule has 0 aliphatic carbocycles. The maximum absolute atomic E-state index is 13.7. The van der Waals surface area contributed by atoms with Gasteiger partial charge in [0, 0.05) is 52.9 Å². The summed E-state index contributed by atoms with van der Waals surface area (Å²) in [6, 6.07) is 30.1. The Hall–Kier alpha value is -5.48. The molecule has 9 nitrogen and oxygen atoms in total. The van der Waals surface area contributed by atoms with E-state index in [0.29, 0.717) is 22.6 Å². The summed E-state index contributed by atoms with van der Waals surface area (Å²) in [5.74, 6) is -0.873. The Bertz CT molecular complexity index is 1910. The highest BCUT2D eigenvalue weighted by Crippen LogP contribution is 2.28. The second kappa shape index (κ2) is 15.4. The van der Waals surface area contributed by atoms with Gasteiger partial charge in [0.15, 0.2) is 0 Å². The quantitative estimate of drug-likeness (QED) is 0.124. The molecule has 0 spiro atoms. The molecular weight excluding hydrogens is 623 g/mol. The average Bonchev–Trinajstić information content (AvgIpc) is 3.12. The van der Waals surface area contributed by atoms with Crippen molar-refractivity contribution >= 4 is 46.9 Å². The summed E-state index contributed by atoms with van der Waals surface area (Å²) in [5.41, 5.74) is 5.56. The number of carbonyl (C=O) groups excluding carboxylic acids is 2. The molecular formula is C38H35N5O4S. The molecule has 1 fully saturated rings. The van der Waals surface area contributed by atoms with Crippen molar-refractivity contribution in [3.8, 4) is 11.1 Å². The Labute approximate surface area is 283 Å². The lowest BCUT2D eigenvalue weighted by Gasteiger charge is -2.29. The van der Waals surface area contributed by atoms with E-state index in [0.717, 1.165) is 58.8 Å². The van der Waals surface area contributed by atoms with E-state index in [2.05, 4.69) is 25.5 Å². The smallest absolute Gasteiger partial charge is 0.307 e. The van der Waals surface area contributed by atoms with Gasteiger partial charge in [0.25, 0.3) is 11.8 Å². The lowest BCUT2D eigenvalue weighted by Crippen LogP contribution is -2.29. The number of aliphatic carboxylic acids is 1. The third kappa shape index (κ3) is 8.45. The van der Waals surface area contributed by atoms with Gasteiger partial charge in [-0.2, -0.15) is 0 Å². The summed E-state index contributed by atoms with van der Waals surface area (Å²) in [7, 11) is 0. The number of benzene rings is 4. The number of carbonyl (C=O) groups is 3. The number of amides is 2. The van der Waals surface area contributed by atoms with Crippen molar-refractivity contribution in [1.82, 2.24) is 9.97 Å². The molecule has 0 atom stereocenters. The second-order valence-electron chi connectivity index (χ2n) is 11.6. The fourth-order valence-electron chi connectivity index (χ4n) is 5.60. The minimum Gasteiger partial charge on any atom is -0.481 e. The van der Waals surface area contributed by atoms with Crippen LogP contribution in [0.2, 0.25) is 0 Å². The van der Waals surface area contributed by atoms with Crippen LogP contribution in [0.25, 0.3) is 11.1 Å². The van der Waals surface area contributed by atoms with E-state index in [-0.39, 0.29) is 18.3 Å². The van der Waals surface area contributed by atoms with Gasteiger partial charge < -0.3 is 15.3 Å². The first-order valence-electron chi connectivity index (χ1n) is 15.8. The summed E-state index contributed by atoms with van der Waals surface area (Å²) in [4.78, 5) is 50.3. The molecule has 4 aromatic carbocycles. The van der Waals surface area contributed by atoms with Gasteiger partial charge in [-0.15, -0.1) is 11.8 Å². The molecule has 48 heavy (non-hydrogen) atoms. The predicted molar refractivity (Wildman–Crippen MR) is 190 cm³/mol. The number of carboxylic acid groups (broad SMARTS) is 1. The minimum atomic E-state index is -0.872. The summed E-state index contributed by atoms with van der Waals surface area (Å²) in [5, 5.41) is 14.9. The van der Waals surface area contributed by atoms with Gasteiger partial charge in [-0.05, 0) is 78.4 Å². The van der Waals surface area contributed by atoms with Gasteiger partial charge in [0.05, 0.1) is 17.7 Å². The highest BCUT2D eigenvalue weighted by atomic mass is 32.2. The number of hydrogen-bond acceptors (Lipinski definition) is 7. The fraction of sp³-hybridized carbons (Fsp3) is 0.184. The highest BCUT2D eigenvalue weighted by Gasteiger charge is 2.20. The number of carboxylic acids is 1. The third-order valence-electron chi connectivity index (χ3n) is 8.05. The number of nitrogens with one attached hydrogen (secondary N) is 2. The molecule has 6 rings (SSSR count). The lowest BCUT2D eigenvalue weighted by molar-refractivity contribution is -0.136. The zero-order valence-corrected chi connectivity index (χ0v) is 27.1. The fourth-order valence-corrected chi connectivity index (χ4v) is 6.52. The van der Waals surface area contributed by atoms with Crippen LogP contribution < -0.4 is 15.5 Å². The second-order valence-corrected chi connectivity index (χ2v) is 12.6. The van der Waals surface area contributed by atoms with Crippen molar-refractivity contribution < 1.29 is 19.5 Å². The largest absolute Gasteiger partial charge is 0.481 e. The van der Waals surface area contributed by atoms with Crippen LogP contribution in [0.1, 0.15) is 51.1 Å². The van der Waals surface area contributed by atoms with Crippen molar-refractivity contribution in [2.45, 2.75) is 36.3 Å². The molecule has 1 aromatic heterocycles. The molecule has 0 saturated carbocycles. The van der Waals surface area contributed by atoms with Crippen LogP contribution in [-0.2, 0) is 17.0 Å². The zero-order chi connectivity index (χ0) is 33.3. The third-order valence-corrected chi connectivity index (χ3v) is 9.11. The van der Waals surface area contributed by atoms with Crippen molar-refractivity contribution in [1.29, 1.82) is 0 Å². The molecule has 242 valence electrons.